The van der Waals surface area contributed by atoms with Gasteiger partial charge in [-0.1, -0.05) is 31.2 Å². The summed E-state index contributed by atoms with van der Waals surface area (Å²) in [4.78, 5) is 21.0. The number of urea groups is 1. The summed E-state index contributed by atoms with van der Waals surface area (Å²) >= 11 is 0. The largest absolute Gasteiger partial charge is 0.323 e. The second-order valence-corrected chi connectivity index (χ2v) is 6.16. The van der Waals surface area contributed by atoms with Crippen molar-refractivity contribution < 1.29 is 4.79 Å². The number of benzene rings is 2. The molecule has 0 saturated heterocycles. The average Bonchev–Trinajstić information content (AvgIpc) is 3.13. The molecule has 27 heavy (non-hydrogen) atoms. The van der Waals surface area contributed by atoms with Crippen LogP contribution >= 0.6 is 0 Å². The molecule has 2 aromatic heterocycles. The number of carbonyl (C=O) groups excluding carboxylic acids is 1. The Labute approximate surface area is 156 Å². The third-order valence-corrected chi connectivity index (χ3v) is 4.27. The molecule has 0 aliphatic heterocycles. The first-order valence-electron chi connectivity index (χ1n) is 8.78. The molecule has 0 aliphatic rings. The Kier molecular flexibility index (Phi) is 4.53. The minimum absolute atomic E-state index is 0.284. The molecule has 2 amide bonds. The molecule has 2 N–H and O–H groups in total. The van der Waals surface area contributed by atoms with Crippen LogP contribution in [-0.2, 0) is 6.42 Å². The number of carbonyl (C=O) groups is 1. The zero-order valence-corrected chi connectivity index (χ0v) is 14.9. The first-order valence-corrected chi connectivity index (χ1v) is 8.78. The highest BCUT2D eigenvalue weighted by Crippen LogP contribution is 2.22. The van der Waals surface area contributed by atoms with E-state index in [1.807, 2.05) is 71.4 Å². The van der Waals surface area contributed by atoms with Gasteiger partial charge in [0.1, 0.15) is 0 Å². The summed E-state index contributed by atoms with van der Waals surface area (Å²) in [6.07, 6.45) is 6.49. The van der Waals surface area contributed by atoms with Crippen LogP contribution in [0, 0.1) is 0 Å². The van der Waals surface area contributed by atoms with Gasteiger partial charge in [0.15, 0.2) is 0 Å². The monoisotopic (exact) mass is 357 g/mol. The van der Waals surface area contributed by atoms with Crippen molar-refractivity contribution in [2.75, 3.05) is 10.6 Å². The number of hydrogen-bond acceptors (Lipinski definition) is 3. The van der Waals surface area contributed by atoms with Gasteiger partial charge in [-0.25, -0.2) is 14.8 Å². The van der Waals surface area contributed by atoms with E-state index in [2.05, 4.69) is 27.5 Å². The molecule has 0 aliphatic carbocycles. The summed E-state index contributed by atoms with van der Waals surface area (Å²) in [5, 5.41) is 5.71. The summed E-state index contributed by atoms with van der Waals surface area (Å²) < 4.78 is 1.86. The van der Waals surface area contributed by atoms with Crippen molar-refractivity contribution in [3.05, 3.63) is 78.8 Å². The molecule has 0 unspecified atom stereocenters. The number of nitrogens with zero attached hydrogens (tertiary/aromatic N) is 3. The first-order chi connectivity index (χ1) is 13.2. The fraction of sp³-hybridized carbons (Fsp3) is 0.0952. The molecular weight excluding hydrogens is 338 g/mol. The predicted octanol–water partition coefficient (Wildman–Crippen LogP) is 4.60. The van der Waals surface area contributed by atoms with Gasteiger partial charge < -0.3 is 10.6 Å². The lowest BCUT2D eigenvalue weighted by Crippen LogP contribution is -2.19. The Hall–Kier alpha value is -3.67. The Morgan fingerprint density at radius 1 is 1.04 bits per heavy atom. The van der Waals surface area contributed by atoms with Crippen molar-refractivity contribution in [2.45, 2.75) is 13.3 Å². The van der Waals surface area contributed by atoms with E-state index >= 15 is 0 Å². The van der Waals surface area contributed by atoms with Crippen LogP contribution in [0.2, 0.25) is 0 Å². The predicted molar refractivity (Wildman–Crippen MR) is 107 cm³/mol. The van der Waals surface area contributed by atoms with Crippen molar-refractivity contribution in [3.63, 3.8) is 0 Å². The van der Waals surface area contributed by atoms with Crippen LogP contribution in [-0.4, -0.2) is 20.4 Å². The fourth-order valence-corrected chi connectivity index (χ4v) is 2.84. The molecule has 0 fully saturated rings. The summed E-state index contributed by atoms with van der Waals surface area (Å²) in [6, 6.07) is 17.0. The summed E-state index contributed by atoms with van der Waals surface area (Å²) in [6.45, 7) is 2.10. The summed E-state index contributed by atoms with van der Waals surface area (Å²) in [7, 11) is 0. The summed E-state index contributed by atoms with van der Waals surface area (Å²) in [5.74, 6) is 0.638. The molecule has 0 saturated carbocycles. The number of aryl methyl sites for hydroxylation is 1. The maximum Gasteiger partial charge on any atom is 0.323 e. The molecule has 4 rings (SSSR count). The van der Waals surface area contributed by atoms with Gasteiger partial charge >= 0.3 is 6.03 Å². The van der Waals surface area contributed by atoms with E-state index in [-0.39, 0.29) is 6.03 Å². The maximum absolute atomic E-state index is 12.3. The smallest absolute Gasteiger partial charge is 0.308 e. The molecule has 6 heteroatoms. The quantitative estimate of drug-likeness (QED) is 0.560. The van der Waals surface area contributed by atoms with Crippen molar-refractivity contribution >= 4 is 23.2 Å². The van der Waals surface area contributed by atoms with Crippen LogP contribution in [0.5, 0.6) is 0 Å². The molecule has 134 valence electrons. The second-order valence-electron chi connectivity index (χ2n) is 6.16. The Morgan fingerprint density at radius 2 is 1.85 bits per heavy atom. The third kappa shape index (κ3) is 3.79. The molecule has 0 bridgehead atoms. The normalized spacial score (nSPS) is 10.7. The zero-order valence-electron chi connectivity index (χ0n) is 14.9. The number of aromatic nitrogens is 3. The van der Waals surface area contributed by atoms with Crippen LogP contribution in [0.25, 0.3) is 17.0 Å². The lowest BCUT2D eigenvalue weighted by Gasteiger charge is -2.09. The van der Waals surface area contributed by atoms with Crippen molar-refractivity contribution in [1.29, 1.82) is 0 Å². The molecular formula is C21H19N5O. The Morgan fingerprint density at radius 3 is 2.63 bits per heavy atom. The van der Waals surface area contributed by atoms with Gasteiger partial charge in [-0.05, 0) is 42.3 Å². The maximum atomic E-state index is 12.3. The van der Waals surface area contributed by atoms with E-state index < -0.39 is 0 Å². The number of fused-ring (bicyclic) bond motifs is 1. The minimum atomic E-state index is -0.284. The van der Waals surface area contributed by atoms with Crippen LogP contribution in [0.4, 0.5) is 16.2 Å². The zero-order chi connectivity index (χ0) is 18.6. The Balaban J connectivity index is 1.49. The highest BCUT2D eigenvalue weighted by molar-refractivity contribution is 6.00. The van der Waals surface area contributed by atoms with Crippen molar-refractivity contribution in [1.82, 2.24) is 14.4 Å². The van der Waals surface area contributed by atoms with E-state index in [9.17, 15) is 4.79 Å². The number of hydrogen-bond donors (Lipinski definition) is 2. The average molecular weight is 357 g/mol. The number of imidazole rings is 1. The number of amides is 2. The third-order valence-electron chi connectivity index (χ3n) is 4.27. The molecule has 0 atom stereocenters. The van der Waals surface area contributed by atoms with E-state index in [1.54, 1.807) is 6.20 Å². The van der Waals surface area contributed by atoms with Crippen LogP contribution in [0.3, 0.4) is 0 Å². The lowest BCUT2D eigenvalue weighted by molar-refractivity contribution is 0.262. The van der Waals surface area contributed by atoms with E-state index in [4.69, 9.17) is 0 Å². The van der Waals surface area contributed by atoms with Gasteiger partial charge in [-0.3, -0.25) is 4.40 Å². The van der Waals surface area contributed by atoms with Crippen LogP contribution in [0.15, 0.2) is 73.2 Å². The standard InChI is InChI=1S/C21H19N5O/c1-2-15-7-9-17(10-8-15)23-21(27)24-18-6-3-5-16(13-18)19-14-26-12-4-11-22-20(26)25-19/h3-14H,2H2,1H3,(H2,23,24,27). The van der Waals surface area contributed by atoms with Gasteiger partial charge in [0.25, 0.3) is 0 Å². The van der Waals surface area contributed by atoms with E-state index in [1.165, 1.54) is 5.56 Å². The highest BCUT2D eigenvalue weighted by atomic mass is 16.2. The van der Waals surface area contributed by atoms with E-state index in [0.717, 1.165) is 23.4 Å². The molecule has 2 heterocycles. The SMILES string of the molecule is CCc1ccc(NC(=O)Nc2cccc(-c3cn4cccnc4n3)c2)cc1. The van der Waals surface area contributed by atoms with E-state index in [0.29, 0.717) is 11.5 Å². The second kappa shape index (κ2) is 7.29. The highest BCUT2D eigenvalue weighted by Gasteiger charge is 2.07. The molecule has 0 radical (unpaired) electrons. The number of anilines is 2. The topological polar surface area (TPSA) is 71.3 Å². The molecule has 6 nitrogen and oxygen atoms in total. The van der Waals surface area contributed by atoms with Crippen molar-refractivity contribution in [3.8, 4) is 11.3 Å². The summed E-state index contributed by atoms with van der Waals surface area (Å²) in [5.41, 5.74) is 4.39. The molecule has 4 aromatic rings. The Bertz CT molecular complexity index is 1050. The van der Waals surface area contributed by atoms with Gasteiger partial charge in [0.2, 0.25) is 5.78 Å². The van der Waals surface area contributed by atoms with Crippen LogP contribution < -0.4 is 10.6 Å². The number of nitrogens with one attached hydrogen (secondary N) is 2. The lowest BCUT2D eigenvalue weighted by atomic mass is 10.1. The minimum Gasteiger partial charge on any atom is -0.308 e. The van der Waals surface area contributed by atoms with Crippen LogP contribution in [0.1, 0.15) is 12.5 Å². The fourth-order valence-electron chi connectivity index (χ4n) is 2.84. The van der Waals surface area contributed by atoms with Gasteiger partial charge in [0.05, 0.1) is 5.69 Å². The molecule has 2 aromatic carbocycles. The van der Waals surface area contributed by atoms with Gasteiger partial charge in [-0.15, -0.1) is 0 Å². The number of rotatable bonds is 4. The van der Waals surface area contributed by atoms with Crippen molar-refractivity contribution in [2.24, 2.45) is 0 Å². The van der Waals surface area contributed by atoms with Gasteiger partial charge in [0, 0.05) is 35.5 Å². The van der Waals surface area contributed by atoms with Gasteiger partial charge in [-0.2, -0.15) is 0 Å². The first kappa shape index (κ1) is 16.8. The molecule has 0 spiro atoms.